The largest absolute Gasteiger partial charge is 0.487 e. The molecule has 158 valence electrons. The number of ketones is 1. The number of fused-ring (bicyclic) bond motifs is 1. The second kappa shape index (κ2) is 9.18. The van der Waals surface area contributed by atoms with Gasteiger partial charge in [0, 0.05) is 17.5 Å². The molecule has 4 aromatic rings. The van der Waals surface area contributed by atoms with Crippen molar-refractivity contribution in [1.82, 2.24) is 15.0 Å². The van der Waals surface area contributed by atoms with Crippen LogP contribution in [0.2, 0.25) is 0 Å². The summed E-state index contributed by atoms with van der Waals surface area (Å²) in [6.07, 6.45) is 0.513. The Morgan fingerprint density at radius 2 is 1.75 bits per heavy atom. The maximum Gasteiger partial charge on any atom is 0.221 e. The van der Waals surface area contributed by atoms with Crippen molar-refractivity contribution in [1.29, 1.82) is 5.26 Å². The molecule has 2 N–H and O–H groups in total. The van der Waals surface area contributed by atoms with Gasteiger partial charge < -0.3 is 10.5 Å². The second-order valence-corrected chi connectivity index (χ2v) is 7.03. The van der Waals surface area contributed by atoms with Crippen molar-refractivity contribution < 1.29 is 13.9 Å². The maximum atomic E-state index is 14.0. The van der Waals surface area contributed by atoms with Gasteiger partial charge >= 0.3 is 0 Å². The van der Waals surface area contributed by atoms with Crippen LogP contribution < -0.4 is 10.5 Å². The monoisotopic (exact) mass is 427 g/mol. The number of carbonyl (C=O) groups is 1. The molecule has 8 heteroatoms. The quantitative estimate of drug-likeness (QED) is 0.443. The van der Waals surface area contributed by atoms with Gasteiger partial charge in [-0.3, -0.25) is 9.78 Å². The number of nitriles is 1. The number of carbonyl (C=O) groups excluding carboxylic acids is 1. The summed E-state index contributed by atoms with van der Waals surface area (Å²) >= 11 is 0. The Labute approximate surface area is 183 Å². The van der Waals surface area contributed by atoms with Gasteiger partial charge in [0.1, 0.15) is 29.4 Å². The molecule has 7 nitrogen and oxygen atoms in total. The summed E-state index contributed by atoms with van der Waals surface area (Å²) in [6.45, 7) is 0.250. The van der Waals surface area contributed by atoms with E-state index in [1.54, 1.807) is 30.3 Å². The van der Waals surface area contributed by atoms with Crippen LogP contribution >= 0.6 is 0 Å². The molecule has 2 aromatic carbocycles. The molecule has 0 aliphatic carbocycles. The number of benzene rings is 2. The van der Waals surface area contributed by atoms with E-state index in [9.17, 15) is 9.18 Å². The highest BCUT2D eigenvalue weighted by molar-refractivity contribution is 6.06. The van der Waals surface area contributed by atoms with Crippen LogP contribution in [0.15, 0.2) is 60.7 Å². The predicted octanol–water partition coefficient (Wildman–Crippen LogP) is 4.01. The minimum absolute atomic E-state index is 0.0309. The Kier molecular flexibility index (Phi) is 5.99. The number of ether oxygens (including phenoxy) is 1. The zero-order valence-electron chi connectivity index (χ0n) is 17.0. The van der Waals surface area contributed by atoms with Gasteiger partial charge in [-0.1, -0.05) is 18.2 Å². The van der Waals surface area contributed by atoms with Crippen LogP contribution in [0.4, 0.5) is 10.3 Å². The number of hydrogen-bond acceptors (Lipinski definition) is 7. The molecule has 0 bridgehead atoms. The van der Waals surface area contributed by atoms with E-state index in [0.717, 1.165) is 5.69 Å². The van der Waals surface area contributed by atoms with Crippen molar-refractivity contribution in [3.05, 3.63) is 89.1 Å². The van der Waals surface area contributed by atoms with Crippen molar-refractivity contribution in [2.45, 2.75) is 19.4 Å². The van der Waals surface area contributed by atoms with Crippen molar-refractivity contribution in [2.75, 3.05) is 5.73 Å². The van der Waals surface area contributed by atoms with E-state index in [0.29, 0.717) is 28.8 Å². The molecule has 0 unspecified atom stereocenters. The Hall–Kier alpha value is -4.38. The Bertz CT molecular complexity index is 1330. The van der Waals surface area contributed by atoms with Crippen LogP contribution in [0.3, 0.4) is 0 Å². The van der Waals surface area contributed by atoms with E-state index in [1.807, 2.05) is 18.2 Å². The summed E-state index contributed by atoms with van der Waals surface area (Å²) in [5, 5.41) is 9.19. The fourth-order valence-electron chi connectivity index (χ4n) is 3.24. The molecule has 2 heterocycles. The topological polar surface area (TPSA) is 115 Å². The van der Waals surface area contributed by atoms with Gasteiger partial charge in [-0.2, -0.15) is 5.26 Å². The van der Waals surface area contributed by atoms with Gasteiger partial charge in [-0.15, -0.1) is 0 Å². The van der Waals surface area contributed by atoms with Crippen molar-refractivity contribution in [3.8, 4) is 11.8 Å². The van der Waals surface area contributed by atoms with E-state index in [1.165, 1.54) is 12.1 Å². The van der Waals surface area contributed by atoms with Crippen molar-refractivity contribution in [3.63, 3.8) is 0 Å². The molecule has 32 heavy (non-hydrogen) atoms. The number of halogens is 1. The molecule has 0 spiro atoms. The first-order valence-electron chi connectivity index (χ1n) is 9.86. The van der Waals surface area contributed by atoms with Crippen LogP contribution in [-0.2, 0) is 13.0 Å². The molecular formula is C24H18FN5O2. The lowest BCUT2D eigenvalue weighted by Crippen LogP contribution is -2.10. The summed E-state index contributed by atoms with van der Waals surface area (Å²) in [5.41, 5.74) is 7.79. The first kappa shape index (κ1) is 20.9. The summed E-state index contributed by atoms with van der Waals surface area (Å²) in [7, 11) is 0. The SMILES string of the molecule is N#Cc1ccc(OCc2cccc(CCC(=O)c3nc(N)nc4c(F)cccc34)n2)cc1. The zero-order valence-corrected chi connectivity index (χ0v) is 17.0. The fourth-order valence-corrected chi connectivity index (χ4v) is 3.24. The number of hydrogen-bond donors (Lipinski definition) is 1. The average Bonchev–Trinajstić information content (AvgIpc) is 2.82. The molecule has 0 saturated carbocycles. The maximum absolute atomic E-state index is 14.0. The number of para-hydroxylation sites is 1. The molecule has 4 rings (SSSR count). The Balaban J connectivity index is 1.43. The highest BCUT2D eigenvalue weighted by Gasteiger charge is 2.16. The number of Topliss-reactive ketones (excluding diaryl/α,β-unsaturated/α-hetero) is 1. The Morgan fingerprint density at radius 3 is 2.53 bits per heavy atom. The second-order valence-electron chi connectivity index (χ2n) is 7.03. The molecule has 0 fully saturated rings. The van der Waals surface area contributed by atoms with Gasteiger partial charge in [-0.05, 0) is 48.9 Å². The molecule has 2 aromatic heterocycles. The van der Waals surface area contributed by atoms with Crippen LogP contribution in [0.1, 0.15) is 33.9 Å². The first-order valence-corrected chi connectivity index (χ1v) is 9.86. The number of anilines is 1. The van der Waals surface area contributed by atoms with Crippen molar-refractivity contribution in [2.24, 2.45) is 0 Å². The molecule has 0 amide bonds. The average molecular weight is 427 g/mol. The summed E-state index contributed by atoms with van der Waals surface area (Å²) < 4.78 is 19.8. The molecule has 0 atom stereocenters. The third-order valence-electron chi connectivity index (χ3n) is 4.80. The zero-order chi connectivity index (χ0) is 22.5. The lowest BCUT2D eigenvalue weighted by Gasteiger charge is -2.08. The van der Waals surface area contributed by atoms with E-state index in [2.05, 4.69) is 21.0 Å². The number of rotatable bonds is 7. The van der Waals surface area contributed by atoms with Gasteiger partial charge in [0.2, 0.25) is 5.95 Å². The lowest BCUT2D eigenvalue weighted by molar-refractivity contribution is 0.0979. The number of pyridine rings is 1. The van der Waals surface area contributed by atoms with Crippen LogP contribution in [0, 0.1) is 17.1 Å². The Morgan fingerprint density at radius 1 is 1.00 bits per heavy atom. The number of nitrogen functional groups attached to an aromatic ring is 1. The molecule has 0 aliphatic rings. The van der Waals surface area contributed by atoms with Crippen LogP contribution in [0.25, 0.3) is 10.9 Å². The normalized spacial score (nSPS) is 10.6. The van der Waals surface area contributed by atoms with Crippen LogP contribution in [-0.4, -0.2) is 20.7 Å². The van der Waals surface area contributed by atoms with Gasteiger partial charge in [0.15, 0.2) is 5.78 Å². The molecule has 0 radical (unpaired) electrons. The van der Waals surface area contributed by atoms with E-state index in [-0.39, 0.29) is 36.0 Å². The van der Waals surface area contributed by atoms with Gasteiger partial charge in [0.25, 0.3) is 0 Å². The lowest BCUT2D eigenvalue weighted by atomic mass is 10.1. The fraction of sp³-hybridized carbons (Fsp3) is 0.125. The third-order valence-corrected chi connectivity index (χ3v) is 4.80. The van der Waals surface area contributed by atoms with E-state index in [4.69, 9.17) is 15.7 Å². The number of nitrogens with two attached hydrogens (primary N) is 1. The number of nitrogens with zero attached hydrogens (tertiary/aromatic N) is 4. The minimum Gasteiger partial charge on any atom is -0.487 e. The third kappa shape index (κ3) is 4.68. The predicted molar refractivity (Wildman–Crippen MR) is 116 cm³/mol. The highest BCUT2D eigenvalue weighted by Crippen LogP contribution is 2.21. The van der Waals surface area contributed by atoms with E-state index < -0.39 is 5.82 Å². The summed E-state index contributed by atoms with van der Waals surface area (Å²) in [5.74, 6) is -0.337. The molecule has 0 aliphatic heterocycles. The first-order chi connectivity index (χ1) is 15.5. The molecular weight excluding hydrogens is 409 g/mol. The van der Waals surface area contributed by atoms with E-state index >= 15 is 0 Å². The summed E-state index contributed by atoms with van der Waals surface area (Å²) in [6, 6.07) is 18.7. The van der Waals surface area contributed by atoms with Gasteiger partial charge in [-0.25, -0.2) is 14.4 Å². The number of aromatic nitrogens is 3. The van der Waals surface area contributed by atoms with Crippen LogP contribution in [0.5, 0.6) is 5.75 Å². The van der Waals surface area contributed by atoms with Crippen molar-refractivity contribution >= 4 is 22.6 Å². The number of aryl methyl sites for hydroxylation is 1. The minimum atomic E-state index is -0.553. The summed E-state index contributed by atoms with van der Waals surface area (Å²) in [4.78, 5) is 25.3. The smallest absolute Gasteiger partial charge is 0.221 e. The highest BCUT2D eigenvalue weighted by atomic mass is 19.1. The molecule has 0 saturated heterocycles. The standard InChI is InChI=1S/C24H18FN5O2/c25-20-6-2-5-19-22(20)29-24(27)30-23(19)21(31)12-9-16-3-1-4-17(28-16)14-32-18-10-7-15(13-26)8-11-18/h1-8,10-11H,9,12,14H2,(H2,27,29,30). The van der Waals surface area contributed by atoms with Gasteiger partial charge in [0.05, 0.1) is 17.3 Å².